The summed E-state index contributed by atoms with van der Waals surface area (Å²) in [6, 6.07) is 73.8. The third kappa shape index (κ3) is 5.24. The van der Waals surface area contributed by atoms with Crippen molar-refractivity contribution < 1.29 is 8.83 Å². The van der Waals surface area contributed by atoms with Gasteiger partial charge in [0.1, 0.15) is 22.3 Å². The highest BCUT2D eigenvalue weighted by atomic mass is 32.1. The number of hydrogen-bond acceptors (Lipinski definition) is 5. The zero-order chi connectivity index (χ0) is 40.0. The topological polar surface area (TPSA) is 32.8 Å². The van der Waals surface area contributed by atoms with Gasteiger partial charge in [0.25, 0.3) is 0 Å². The quantitative estimate of drug-likeness (QED) is 0.168. The van der Waals surface area contributed by atoms with Crippen LogP contribution < -0.4 is 9.80 Å². The van der Waals surface area contributed by atoms with E-state index in [4.69, 9.17) is 8.83 Å². The highest BCUT2D eigenvalue weighted by molar-refractivity contribution is 7.27. The van der Waals surface area contributed by atoms with E-state index >= 15 is 0 Å². The number of nitrogens with zero attached hydrogens (tertiary/aromatic N) is 2. The van der Waals surface area contributed by atoms with Crippen LogP contribution in [0.3, 0.4) is 0 Å². The molecule has 0 saturated heterocycles. The number of anilines is 6. The van der Waals surface area contributed by atoms with E-state index in [1.54, 1.807) is 0 Å². The number of furan rings is 2. The molecule has 4 nitrogen and oxygen atoms in total. The van der Waals surface area contributed by atoms with Crippen molar-refractivity contribution in [3.63, 3.8) is 0 Å². The van der Waals surface area contributed by atoms with Gasteiger partial charge in [0.15, 0.2) is 0 Å². The zero-order valence-electron chi connectivity index (χ0n) is 32.7. The average molecular weight is 799 g/mol. The van der Waals surface area contributed by atoms with Crippen LogP contribution in [0, 0.1) is 0 Å². The molecule has 5 heteroatoms. The summed E-state index contributed by atoms with van der Waals surface area (Å²) in [4.78, 5) is 4.86. The maximum Gasteiger partial charge on any atom is 0.135 e. The molecule has 0 aliphatic heterocycles. The predicted molar refractivity (Wildman–Crippen MR) is 258 cm³/mol. The zero-order valence-corrected chi connectivity index (χ0v) is 33.6. The summed E-state index contributed by atoms with van der Waals surface area (Å²) < 4.78 is 15.1. The first-order valence-corrected chi connectivity index (χ1v) is 21.4. The normalized spacial score (nSPS) is 11.9. The van der Waals surface area contributed by atoms with Crippen molar-refractivity contribution in [2.75, 3.05) is 9.80 Å². The minimum absolute atomic E-state index is 0.877. The molecule has 0 spiro atoms. The molecule has 10 aromatic carbocycles. The molecule has 0 bridgehead atoms. The van der Waals surface area contributed by atoms with Crippen LogP contribution in [0.25, 0.3) is 85.6 Å². The van der Waals surface area contributed by atoms with Gasteiger partial charge < -0.3 is 18.6 Å². The Morgan fingerprint density at radius 1 is 0.295 bits per heavy atom. The number of hydrogen-bond donors (Lipinski definition) is 0. The summed E-state index contributed by atoms with van der Waals surface area (Å²) in [5.41, 5.74) is 10.1. The molecule has 0 atom stereocenters. The summed E-state index contributed by atoms with van der Waals surface area (Å²) in [5.74, 6) is 0. The predicted octanol–water partition coefficient (Wildman–Crippen LogP) is 17.1. The van der Waals surface area contributed by atoms with Gasteiger partial charge in [-0.25, -0.2) is 0 Å². The average Bonchev–Trinajstić information content (AvgIpc) is 4.02. The van der Waals surface area contributed by atoms with Gasteiger partial charge in [-0.3, -0.25) is 0 Å². The summed E-state index contributed by atoms with van der Waals surface area (Å²) in [5, 5.41) is 11.8. The van der Waals surface area contributed by atoms with Crippen LogP contribution in [0.1, 0.15) is 0 Å². The summed E-state index contributed by atoms with van der Waals surface area (Å²) in [6.45, 7) is 0. The van der Waals surface area contributed by atoms with Crippen LogP contribution in [-0.4, -0.2) is 0 Å². The van der Waals surface area contributed by atoms with Gasteiger partial charge in [0.2, 0.25) is 0 Å². The lowest BCUT2D eigenvalue weighted by Gasteiger charge is -2.26. The maximum atomic E-state index is 6.33. The van der Waals surface area contributed by atoms with Crippen LogP contribution in [-0.2, 0) is 0 Å². The van der Waals surface area contributed by atoms with Gasteiger partial charge in [-0.1, -0.05) is 121 Å². The maximum absolute atomic E-state index is 6.33. The van der Waals surface area contributed by atoms with Crippen LogP contribution in [0.4, 0.5) is 34.1 Å². The van der Waals surface area contributed by atoms with Gasteiger partial charge in [-0.2, -0.15) is 0 Å². The highest BCUT2D eigenvalue weighted by Gasteiger charge is 2.26. The lowest BCUT2D eigenvalue weighted by molar-refractivity contribution is 0.668. The molecule has 3 aromatic heterocycles. The van der Waals surface area contributed by atoms with Gasteiger partial charge in [-0.05, 0) is 106 Å². The SMILES string of the molecule is c1ccc(N(c2ccc3oc4ccccc4c3c2)c2cc3ccccc3c3c2sc2c(N(c4ccccc4)c4ccc5oc6ccccc6c5c4)cc4ccccc4c23)cc1. The molecule has 286 valence electrons. The largest absolute Gasteiger partial charge is 0.456 e. The summed E-state index contributed by atoms with van der Waals surface area (Å²) in [7, 11) is 0. The smallest absolute Gasteiger partial charge is 0.135 e. The van der Waals surface area contributed by atoms with E-state index in [0.717, 1.165) is 78.0 Å². The van der Waals surface area contributed by atoms with Gasteiger partial charge in [-0.15, -0.1) is 11.3 Å². The van der Waals surface area contributed by atoms with Crippen LogP contribution in [0.5, 0.6) is 0 Å². The number of fused-ring (bicyclic) bond motifs is 13. The standard InChI is InChI=1S/C56H34N2O2S/c1-3-17-37(18-4-1)57(39-27-29-51-45(33-39)43-23-11-13-25-49(43)59-51)47-31-35-15-7-9-21-41(35)53-54-42-22-10-8-16-36(42)32-48(56(54)61-55(47)53)58(38-19-5-2-6-20-38)40-28-30-52-46(34-40)44-24-12-14-26-50(44)60-52/h1-34H. The summed E-state index contributed by atoms with van der Waals surface area (Å²) in [6.07, 6.45) is 0. The van der Waals surface area contributed by atoms with Gasteiger partial charge >= 0.3 is 0 Å². The molecule has 61 heavy (non-hydrogen) atoms. The number of thiophene rings is 1. The van der Waals surface area contributed by atoms with Crippen molar-refractivity contribution >= 4 is 131 Å². The molecule has 0 aliphatic rings. The van der Waals surface area contributed by atoms with Crippen LogP contribution in [0.15, 0.2) is 215 Å². The highest BCUT2D eigenvalue weighted by Crippen LogP contribution is 2.54. The van der Waals surface area contributed by atoms with E-state index in [1.807, 2.05) is 35.6 Å². The molecule has 13 rings (SSSR count). The molecule has 0 unspecified atom stereocenters. The molecule has 0 amide bonds. The number of rotatable bonds is 6. The fraction of sp³-hybridized carbons (Fsp3) is 0. The Kier molecular flexibility index (Phi) is 7.44. The Labute approximate surface area is 354 Å². The molecule has 0 aliphatic carbocycles. The Morgan fingerprint density at radius 3 is 1.13 bits per heavy atom. The number of para-hydroxylation sites is 4. The molecular weight excluding hydrogens is 765 g/mol. The Balaban J connectivity index is 1.15. The van der Waals surface area contributed by atoms with Crippen molar-refractivity contribution in [2.45, 2.75) is 0 Å². The Hall–Kier alpha value is -7.86. The van der Waals surface area contributed by atoms with E-state index < -0.39 is 0 Å². The molecule has 3 heterocycles. The van der Waals surface area contributed by atoms with E-state index in [9.17, 15) is 0 Å². The Bertz CT molecular complexity index is 3590. The second-order valence-electron chi connectivity index (χ2n) is 15.6. The fourth-order valence-corrected chi connectivity index (χ4v) is 10.8. The van der Waals surface area contributed by atoms with Gasteiger partial charge in [0.05, 0.1) is 20.8 Å². The third-order valence-electron chi connectivity index (χ3n) is 12.2. The second-order valence-corrected chi connectivity index (χ2v) is 16.7. The van der Waals surface area contributed by atoms with Gasteiger partial charge in [0, 0.05) is 55.1 Å². The molecule has 0 radical (unpaired) electrons. The lowest BCUT2D eigenvalue weighted by Crippen LogP contribution is -2.10. The minimum atomic E-state index is 0.877. The lowest BCUT2D eigenvalue weighted by atomic mass is 9.97. The Morgan fingerprint density at radius 2 is 0.672 bits per heavy atom. The first-order valence-electron chi connectivity index (χ1n) is 20.6. The third-order valence-corrected chi connectivity index (χ3v) is 13.4. The molecular formula is C56H34N2O2S. The molecule has 0 saturated carbocycles. The van der Waals surface area contributed by atoms with Crippen LogP contribution in [0.2, 0.25) is 0 Å². The van der Waals surface area contributed by atoms with E-state index in [1.165, 1.54) is 41.7 Å². The van der Waals surface area contributed by atoms with Crippen molar-refractivity contribution in [1.29, 1.82) is 0 Å². The van der Waals surface area contributed by atoms with Crippen molar-refractivity contribution in [3.8, 4) is 0 Å². The monoisotopic (exact) mass is 798 g/mol. The molecule has 0 N–H and O–H groups in total. The second kappa shape index (κ2) is 13.3. The van der Waals surface area contributed by atoms with E-state index in [0.29, 0.717) is 0 Å². The van der Waals surface area contributed by atoms with Crippen molar-refractivity contribution in [1.82, 2.24) is 0 Å². The number of benzene rings is 10. The van der Waals surface area contributed by atoms with E-state index in [-0.39, 0.29) is 0 Å². The minimum Gasteiger partial charge on any atom is -0.456 e. The molecule has 13 aromatic rings. The summed E-state index contributed by atoms with van der Waals surface area (Å²) >= 11 is 1.88. The fourth-order valence-electron chi connectivity index (χ4n) is 9.48. The first-order chi connectivity index (χ1) is 30.2. The van der Waals surface area contributed by atoms with E-state index in [2.05, 4.69) is 192 Å². The van der Waals surface area contributed by atoms with Crippen molar-refractivity contribution in [2.24, 2.45) is 0 Å². The molecule has 0 fully saturated rings. The van der Waals surface area contributed by atoms with Crippen molar-refractivity contribution in [3.05, 3.63) is 206 Å². The first kappa shape index (κ1) is 34.0. The van der Waals surface area contributed by atoms with Crippen LogP contribution >= 0.6 is 11.3 Å².